The van der Waals surface area contributed by atoms with Crippen LogP contribution in [0, 0.1) is 0 Å². The first kappa shape index (κ1) is 19.7. The zero-order chi connectivity index (χ0) is 15.9. The van der Waals surface area contributed by atoms with Gasteiger partial charge in [-0.3, -0.25) is 0 Å². The van der Waals surface area contributed by atoms with Gasteiger partial charge in [-0.25, -0.2) is 0 Å². The molecule has 1 heterocycles. The van der Waals surface area contributed by atoms with Crippen LogP contribution in [0.4, 0.5) is 0 Å². The van der Waals surface area contributed by atoms with Gasteiger partial charge < -0.3 is 0 Å². The van der Waals surface area contributed by atoms with Crippen molar-refractivity contribution < 1.29 is 0 Å². The summed E-state index contributed by atoms with van der Waals surface area (Å²) in [5.74, 6) is 0. The molecule has 128 valence electrons. The Morgan fingerprint density at radius 2 is 0.909 bits per heavy atom. The van der Waals surface area contributed by atoms with Crippen molar-refractivity contribution in [1.29, 1.82) is 0 Å². The van der Waals surface area contributed by atoms with Crippen LogP contribution in [-0.4, -0.2) is 0 Å². The van der Waals surface area contributed by atoms with Crippen LogP contribution in [0.25, 0.3) is 0 Å². The maximum Gasteiger partial charge on any atom is -0.00584 e. The second-order valence-corrected chi connectivity index (χ2v) is 7.55. The first-order chi connectivity index (χ1) is 10.9. The molecule has 1 aromatic rings. The van der Waals surface area contributed by atoms with Crippen LogP contribution < -0.4 is 0 Å². The second-order valence-electron chi connectivity index (χ2n) is 6.81. The fourth-order valence-electron chi connectivity index (χ4n) is 3.16. The number of hydrogen-bond donors (Lipinski definition) is 0. The predicted molar refractivity (Wildman–Crippen MR) is 103 cm³/mol. The van der Waals surface area contributed by atoms with E-state index in [-0.39, 0.29) is 0 Å². The molecule has 0 saturated heterocycles. The lowest BCUT2D eigenvalue weighted by atomic mass is 10.0. The van der Waals surface area contributed by atoms with Gasteiger partial charge in [-0.05, 0) is 47.6 Å². The Kier molecular flexibility index (Phi) is 12.8. The van der Waals surface area contributed by atoms with E-state index in [0.29, 0.717) is 0 Å². The van der Waals surface area contributed by atoms with Gasteiger partial charge in [0, 0.05) is 0 Å². The third-order valence-electron chi connectivity index (χ3n) is 4.68. The molecule has 0 unspecified atom stereocenters. The van der Waals surface area contributed by atoms with E-state index in [0.717, 1.165) is 0 Å². The molecule has 0 atom stereocenters. The van der Waals surface area contributed by atoms with E-state index in [1.165, 1.54) is 96.3 Å². The van der Waals surface area contributed by atoms with E-state index >= 15 is 0 Å². The summed E-state index contributed by atoms with van der Waals surface area (Å²) in [5, 5.41) is 4.79. The van der Waals surface area contributed by atoms with E-state index < -0.39 is 0 Å². The highest BCUT2D eigenvalue weighted by molar-refractivity contribution is 7.08. The summed E-state index contributed by atoms with van der Waals surface area (Å²) < 4.78 is 0. The van der Waals surface area contributed by atoms with Gasteiger partial charge in [0.15, 0.2) is 0 Å². The van der Waals surface area contributed by atoms with Crippen molar-refractivity contribution in [3.8, 4) is 0 Å². The van der Waals surface area contributed by atoms with Crippen LogP contribution in [0.2, 0.25) is 0 Å². The molecule has 0 N–H and O–H groups in total. The molecule has 0 radical (unpaired) electrons. The van der Waals surface area contributed by atoms with E-state index in [9.17, 15) is 0 Å². The first-order valence-corrected chi connectivity index (χ1v) is 10.9. The van der Waals surface area contributed by atoms with Gasteiger partial charge in [0.25, 0.3) is 0 Å². The van der Waals surface area contributed by atoms with Crippen LogP contribution in [-0.2, 0) is 12.8 Å². The third-order valence-corrected chi connectivity index (χ3v) is 5.52. The number of aryl methyl sites for hydroxylation is 2. The molecule has 0 aliphatic rings. The Balaban J connectivity index is 1.97. The molecule has 0 aliphatic carbocycles. The van der Waals surface area contributed by atoms with Crippen molar-refractivity contribution in [2.24, 2.45) is 0 Å². The van der Waals surface area contributed by atoms with Crippen LogP contribution in [0.3, 0.4) is 0 Å². The minimum atomic E-state index is 1.31. The number of hydrogen-bond acceptors (Lipinski definition) is 1. The smallest absolute Gasteiger partial charge is 0.00584 e. The van der Waals surface area contributed by atoms with Crippen LogP contribution >= 0.6 is 11.3 Å². The molecule has 0 aromatic carbocycles. The number of rotatable bonds is 15. The molecular weight excluding hydrogens is 284 g/mol. The van der Waals surface area contributed by atoms with Crippen LogP contribution in [0.5, 0.6) is 0 Å². The van der Waals surface area contributed by atoms with E-state index in [1.54, 1.807) is 11.1 Å². The fourth-order valence-corrected chi connectivity index (χ4v) is 4.09. The highest BCUT2D eigenvalue weighted by Gasteiger charge is 2.03. The first-order valence-electron chi connectivity index (χ1n) is 9.92. The quantitative estimate of drug-likeness (QED) is 0.287. The van der Waals surface area contributed by atoms with Gasteiger partial charge in [0.1, 0.15) is 0 Å². The van der Waals surface area contributed by atoms with Crippen molar-refractivity contribution >= 4 is 11.3 Å². The molecule has 1 heteroatoms. The predicted octanol–water partition coefficient (Wildman–Crippen LogP) is 7.94. The molecule has 1 rings (SSSR count). The molecule has 0 spiro atoms. The largest absolute Gasteiger partial charge is 0.152 e. The van der Waals surface area contributed by atoms with E-state index in [2.05, 4.69) is 24.6 Å². The summed E-state index contributed by atoms with van der Waals surface area (Å²) in [5.41, 5.74) is 3.30. The molecule has 0 amide bonds. The zero-order valence-corrected chi connectivity index (χ0v) is 16.0. The van der Waals surface area contributed by atoms with Crippen molar-refractivity contribution in [2.45, 2.75) is 110 Å². The maximum atomic E-state index is 2.40. The standard InChI is InChI=1S/C21H38S/c1-3-5-7-8-9-10-11-12-13-15-17-21-19-22-18-20(21)16-14-6-4-2/h18-19H,3-17H2,1-2H3. The Bertz CT molecular complexity index is 339. The van der Waals surface area contributed by atoms with Crippen molar-refractivity contribution in [3.05, 3.63) is 21.9 Å². The minimum Gasteiger partial charge on any atom is -0.152 e. The lowest BCUT2D eigenvalue weighted by molar-refractivity contribution is 0.556. The van der Waals surface area contributed by atoms with Gasteiger partial charge in [-0.1, -0.05) is 84.5 Å². The Hall–Kier alpha value is -0.300. The van der Waals surface area contributed by atoms with Gasteiger partial charge in [-0.2, -0.15) is 11.3 Å². The van der Waals surface area contributed by atoms with Gasteiger partial charge in [0.05, 0.1) is 0 Å². The third kappa shape index (κ3) is 9.66. The molecule has 0 fully saturated rings. The lowest BCUT2D eigenvalue weighted by Gasteiger charge is -2.05. The molecular formula is C21H38S. The summed E-state index contributed by atoms with van der Waals surface area (Å²) in [6.07, 6.45) is 21.1. The van der Waals surface area contributed by atoms with Gasteiger partial charge in [0.2, 0.25) is 0 Å². The second kappa shape index (κ2) is 14.3. The summed E-state index contributed by atoms with van der Waals surface area (Å²) >= 11 is 1.91. The summed E-state index contributed by atoms with van der Waals surface area (Å²) in [4.78, 5) is 0. The van der Waals surface area contributed by atoms with Crippen LogP contribution in [0.15, 0.2) is 10.8 Å². The van der Waals surface area contributed by atoms with Crippen molar-refractivity contribution in [3.63, 3.8) is 0 Å². The van der Waals surface area contributed by atoms with Crippen LogP contribution in [0.1, 0.15) is 108 Å². The lowest BCUT2D eigenvalue weighted by Crippen LogP contribution is -1.91. The van der Waals surface area contributed by atoms with E-state index in [1.807, 2.05) is 11.3 Å². The molecule has 22 heavy (non-hydrogen) atoms. The summed E-state index contributed by atoms with van der Waals surface area (Å²) in [7, 11) is 0. The highest BCUT2D eigenvalue weighted by atomic mass is 32.1. The summed E-state index contributed by atoms with van der Waals surface area (Å²) in [6, 6.07) is 0. The maximum absolute atomic E-state index is 2.40. The summed E-state index contributed by atoms with van der Waals surface area (Å²) in [6.45, 7) is 4.58. The highest BCUT2D eigenvalue weighted by Crippen LogP contribution is 2.21. The Morgan fingerprint density at radius 3 is 1.41 bits per heavy atom. The molecule has 0 nitrogen and oxygen atoms in total. The van der Waals surface area contributed by atoms with E-state index in [4.69, 9.17) is 0 Å². The minimum absolute atomic E-state index is 1.31. The topological polar surface area (TPSA) is 0 Å². The number of thiophene rings is 1. The SMILES string of the molecule is CCCCCCCCCCCCc1cscc1CCCCC. The molecule has 0 saturated carbocycles. The Labute approximate surface area is 143 Å². The monoisotopic (exact) mass is 322 g/mol. The van der Waals surface area contributed by atoms with Crippen molar-refractivity contribution in [2.75, 3.05) is 0 Å². The zero-order valence-electron chi connectivity index (χ0n) is 15.2. The molecule has 0 aliphatic heterocycles. The molecule has 0 bridgehead atoms. The normalized spacial score (nSPS) is 11.2. The fraction of sp³-hybridized carbons (Fsp3) is 0.810. The average molecular weight is 323 g/mol. The van der Waals surface area contributed by atoms with Gasteiger partial charge >= 0.3 is 0 Å². The average Bonchev–Trinajstić information content (AvgIpc) is 2.97. The Morgan fingerprint density at radius 1 is 0.545 bits per heavy atom. The number of unbranched alkanes of at least 4 members (excludes halogenated alkanes) is 11. The van der Waals surface area contributed by atoms with Crippen molar-refractivity contribution in [1.82, 2.24) is 0 Å². The molecule has 1 aromatic heterocycles. The van der Waals surface area contributed by atoms with Gasteiger partial charge in [-0.15, -0.1) is 0 Å².